The molecule has 0 aliphatic heterocycles. The number of fused-ring (bicyclic) bond motifs is 12. The smallest absolute Gasteiger partial charge is 0.144 e. The highest BCUT2D eigenvalue weighted by atomic mass is 16.3. The van der Waals surface area contributed by atoms with Gasteiger partial charge < -0.3 is 4.42 Å². The van der Waals surface area contributed by atoms with Crippen molar-refractivity contribution in [1.82, 2.24) is 0 Å². The van der Waals surface area contributed by atoms with Crippen LogP contribution in [-0.4, -0.2) is 0 Å². The van der Waals surface area contributed by atoms with Gasteiger partial charge in [-0.15, -0.1) is 0 Å². The van der Waals surface area contributed by atoms with Crippen LogP contribution in [0, 0.1) is 0 Å². The standard InChI is InChI=1S/C28H16O/c1-3-9-17-15-22-23-16-18-10-4-2-6-12-20(18)26(23)28-27(25(22)19(17)11-5-1)21-13-7-8-14-24(21)29-28/h1-16H. The Hall–Kier alpha value is -3.84. The van der Waals surface area contributed by atoms with Gasteiger partial charge in [0.1, 0.15) is 11.2 Å². The molecule has 0 N–H and O–H groups in total. The molecule has 3 aromatic rings. The van der Waals surface area contributed by atoms with Crippen molar-refractivity contribution in [2.75, 3.05) is 0 Å². The van der Waals surface area contributed by atoms with Gasteiger partial charge in [-0.25, -0.2) is 0 Å². The van der Waals surface area contributed by atoms with Gasteiger partial charge in [0.15, 0.2) is 0 Å². The van der Waals surface area contributed by atoms with Gasteiger partial charge >= 0.3 is 0 Å². The minimum atomic E-state index is 0.945. The van der Waals surface area contributed by atoms with Crippen molar-refractivity contribution in [2.45, 2.75) is 0 Å². The fourth-order valence-electron chi connectivity index (χ4n) is 4.98. The van der Waals surface area contributed by atoms with E-state index in [2.05, 4.69) is 91.0 Å². The molecule has 29 heavy (non-hydrogen) atoms. The van der Waals surface area contributed by atoms with Gasteiger partial charge in [-0.1, -0.05) is 78.9 Å². The lowest BCUT2D eigenvalue weighted by Crippen LogP contribution is -1.75. The summed E-state index contributed by atoms with van der Waals surface area (Å²) in [4.78, 5) is 0. The number of hydrogen-bond acceptors (Lipinski definition) is 1. The lowest BCUT2D eigenvalue weighted by Gasteiger charge is -2.02. The van der Waals surface area contributed by atoms with Crippen LogP contribution in [0.3, 0.4) is 0 Å². The number of furan rings is 1. The molecule has 0 unspecified atom stereocenters. The van der Waals surface area contributed by atoms with E-state index >= 15 is 0 Å². The van der Waals surface area contributed by atoms with Crippen LogP contribution in [0.5, 0.6) is 0 Å². The summed E-state index contributed by atoms with van der Waals surface area (Å²) in [5, 5.41) is 7.50. The van der Waals surface area contributed by atoms with Crippen LogP contribution in [-0.2, 0) is 0 Å². The highest BCUT2D eigenvalue weighted by molar-refractivity contribution is 6.37. The molecule has 4 aliphatic carbocycles. The summed E-state index contributed by atoms with van der Waals surface area (Å²) in [5.74, 6) is 0. The fourth-order valence-corrected chi connectivity index (χ4v) is 4.98. The third-order valence-corrected chi connectivity index (χ3v) is 6.18. The second-order valence-electron chi connectivity index (χ2n) is 7.73. The summed E-state index contributed by atoms with van der Waals surface area (Å²) in [6.45, 7) is 0. The maximum atomic E-state index is 6.51. The molecule has 0 bridgehead atoms. The van der Waals surface area contributed by atoms with E-state index in [1.165, 1.54) is 54.6 Å². The molecule has 0 spiro atoms. The highest BCUT2D eigenvalue weighted by Gasteiger charge is 2.23. The third-order valence-electron chi connectivity index (χ3n) is 6.18. The van der Waals surface area contributed by atoms with Gasteiger partial charge in [0, 0.05) is 21.5 Å². The second kappa shape index (κ2) is 5.36. The van der Waals surface area contributed by atoms with Crippen molar-refractivity contribution in [1.29, 1.82) is 0 Å². The minimum absolute atomic E-state index is 0.945. The highest BCUT2D eigenvalue weighted by Crippen LogP contribution is 2.50. The predicted octanol–water partition coefficient (Wildman–Crippen LogP) is 8.10. The molecule has 4 aliphatic rings. The van der Waals surface area contributed by atoms with Crippen molar-refractivity contribution in [2.24, 2.45) is 0 Å². The van der Waals surface area contributed by atoms with Crippen LogP contribution in [0.25, 0.3) is 65.7 Å². The molecule has 1 nitrogen and oxygen atoms in total. The van der Waals surface area contributed by atoms with Crippen molar-refractivity contribution in [3.05, 3.63) is 97.1 Å². The summed E-state index contributed by atoms with van der Waals surface area (Å²) in [6.07, 6.45) is 0. The van der Waals surface area contributed by atoms with E-state index in [1.54, 1.807) is 0 Å². The van der Waals surface area contributed by atoms with Crippen LogP contribution in [0.15, 0.2) is 101 Å². The van der Waals surface area contributed by atoms with E-state index in [1.807, 2.05) is 6.07 Å². The van der Waals surface area contributed by atoms with Gasteiger partial charge in [0.05, 0.1) is 0 Å². The van der Waals surface area contributed by atoms with E-state index in [9.17, 15) is 0 Å². The normalized spacial score (nSPS) is 12.1. The van der Waals surface area contributed by atoms with E-state index in [0.29, 0.717) is 0 Å². The molecule has 0 atom stereocenters. The molecule has 1 heterocycles. The first-order chi connectivity index (χ1) is 14.4. The zero-order valence-corrected chi connectivity index (χ0v) is 15.6. The van der Waals surface area contributed by atoms with Crippen molar-refractivity contribution in [3.63, 3.8) is 0 Å². The largest absolute Gasteiger partial charge is 0.455 e. The van der Waals surface area contributed by atoms with Crippen LogP contribution in [0.2, 0.25) is 0 Å². The summed E-state index contributed by atoms with van der Waals surface area (Å²) in [7, 11) is 0. The number of para-hydroxylation sites is 1. The van der Waals surface area contributed by atoms with Gasteiger partial charge in [-0.3, -0.25) is 0 Å². The predicted molar refractivity (Wildman–Crippen MR) is 122 cm³/mol. The summed E-state index contributed by atoms with van der Waals surface area (Å²) in [5.41, 5.74) is 6.97. The van der Waals surface area contributed by atoms with Crippen molar-refractivity contribution in [3.8, 4) is 22.3 Å². The molecule has 1 aromatic heterocycles. The lowest BCUT2D eigenvalue weighted by atomic mass is 9.99. The monoisotopic (exact) mass is 368 g/mol. The molecule has 0 saturated heterocycles. The van der Waals surface area contributed by atoms with Crippen LogP contribution in [0.4, 0.5) is 0 Å². The molecular formula is C28H16O. The first-order valence-electron chi connectivity index (χ1n) is 9.96. The van der Waals surface area contributed by atoms with E-state index in [-0.39, 0.29) is 0 Å². The summed E-state index contributed by atoms with van der Waals surface area (Å²) < 4.78 is 6.51. The van der Waals surface area contributed by atoms with Gasteiger partial charge in [-0.05, 0) is 51.2 Å². The van der Waals surface area contributed by atoms with Gasteiger partial charge in [0.25, 0.3) is 0 Å². The molecule has 0 amide bonds. The molecule has 134 valence electrons. The van der Waals surface area contributed by atoms with Crippen molar-refractivity contribution < 1.29 is 4.42 Å². The molecule has 7 rings (SSSR count). The van der Waals surface area contributed by atoms with E-state index in [0.717, 1.165) is 11.2 Å². The van der Waals surface area contributed by atoms with E-state index in [4.69, 9.17) is 4.42 Å². The van der Waals surface area contributed by atoms with Crippen LogP contribution in [0.1, 0.15) is 0 Å². The van der Waals surface area contributed by atoms with Crippen LogP contribution >= 0.6 is 0 Å². The zero-order chi connectivity index (χ0) is 18.9. The first kappa shape index (κ1) is 15.1. The van der Waals surface area contributed by atoms with E-state index < -0.39 is 0 Å². The Kier molecular flexibility index (Phi) is 2.80. The Labute approximate surface area is 167 Å². The third kappa shape index (κ3) is 1.89. The molecular weight excluding hydrogens is 352 g/mol. The number of hydrogen-bond donors (Lipinski definition) is 0. The molecule has 0 radical (unpaired) electrons. The zero-order valence-electron chi connectivity index (χ0n) is 15.6. The summed E-state index contributed by atoms with van der Waals surface area (Å²) >= 11 is 0. The topological polar surface area (TPSA) is 13.1 Å². The maximum Gasteiger partial charge on any atom is 0.144 e. The average molecular weight is 368 g/mol. The van der Waals surface area contributed by atoms with Gasteiger partial charge in [0.2, 0.25) is 0 Å². The van der Waals surface area contributed by atoms with Gasteiger partial charge in [-0.2, -0.15) is 0 Å². The lowest BCUT2D eigenvalue weighted by molar-refractivity contribution is 0.673. The summed E-state index contributed by atoms with van der Waals surface area (Å²) in [6, 6.07) is 34.5. The second-order valence-corrected chi connectivity index (χ2v) is 7.73. The minimum Gasteiger partial charge on any atom is -0.455 e. The Morgan fingerprint density at radius 3 is 1.79 bits per heavy atom. The Balaban J connectivity index is 1.89. The molecule has 0 saturated carbocycles. The average Bonchev–Trinajstić information content (AvgIpc) is 3.27. The fraction of sp³-hybridized carbons (Fsp3) is 0. The Morgan fingerprint density at radius 2 is 1.03 bits per heavy atom. The Morgan fingerprint density at radius 1 is 0.448 bits per heavy atom. The molecule has 1 heteroatoms. The molecule has 0 fully saturated rings. The molecule has 2 aromatic carbocycles. The first-order valence-corrected chi connectivity index (χ1v) is 9.96. The van der Waals surface area contributed by atoms with Crippen molar-refractivity contribution >= 4 is 43.5 Å². The maximum absolute atomic E-state index is 6.51. The SMILES string of the molecule is c1ccc2cc3c4cc5cccccc-5c4c4c5ccccc5oc4c3c-2cc1. The quantitative estimate of drug-likeness (QED) is 0.263. The Bertz CT molecular complexity index is 1650. The van der Waals surface area contributed by atoms with Crippen LogP contribution < -0.4 is 0 Å². The number of rotatable bonds is 0. The number of benzene rings is 2.